The summed E-state index contributed by atoms with van der Waals surface area (Å²) < 4.78 is 0. The molecule has 0 aliphatic heterocycles. The zero-order valence-corrected chi connectivity index (χ0v) is 13.2. The maximum absolute atomic E-state index is 12.4. The van der Waals surface area contributed by atoms with Crippen LogP contribution in [0.4, 0.5) is 11.4 Å². The zero-order chi connectivity index (χ0) is 15.4. The Morgan fingerprint density at radius 3 is 2.52 bits per heavy atom. The number of para-hydroxylation sites is 1. The molecule has 0 saturated heterocycles. The molecule has 0 aliphatic rings. The maximum Gasteiger partial charge on any atom is 0.257 e. The molecule has 2 aromatic rings. The molecule has 1 amide bonds. The second-order valence-electron chi connectivity index (χ2n) is 5.26. The second kappa shape index (κ2) is 6.64. The summed E-state index contributed by atoms with van der Waals surface area (Å²) in [5.41, 5.74) is 3.11. The molecule has 0 aliphatic carbocycles. The summed E-state index contributed by atoms with van der Waals surface area (Å²) in [6.45, 7) is 6.00. The van der Waals surface area contributed by atoms with E-state index in [1.807, 2.05) is 51.1 Å². The Morgan fingerprint density at radius 1 is 1.14 bits per heavy atom. The van der Waals surface area contributed by atoms with Crippen molar-refractivity contribution in [3.63, 3.8) is 0 Å². The minimum atomic E-state index is -0.154. The molecule has 0 unspecified atom stereocenters. The molecule has 0 fully saturated rings. The van der Waals surface area contributed by atoms with Gasteiger partial charge in [0.25, 0.3) is 5.91 Å². The van der Waals surface area contributed by atoms with E-state index in [1.165, 1.54) is 0 Å². The number of nitrogens with one attached hydrogen (secondary N) is 2. The molecule has 2 aromatic carbocycles. The van der Waals surface area contributed by atoms with Crippen LogP contribution in [0.5, 0.6) is 0 Å². The van der Waals surface area contributed by atoms with E-state index in [0.717, 1.165) is 11.3 Å². The molecular weight excluding hydrogens is 284 g/mol. The largest absolute Gasteiger partial charge is 0.382 e. The molecule has 3 nitrogen and oxygen atoms in total. The van der Waals surface area contributed by atoms with Gasteiger partial charge in [-0.05, 0) is 50.6 Å². The Hall–Kier alpha value is -2.00. The van der Waals surface area contributed by atoms with Gasteiger partial charge in [-0.1, -0.05) is 29.8 Å². The highest BCUT2D eigenvalue weighted by atomic mass is 35.5. The molecule has 0 heterocycles. The van der Waals surface area contributed by atoms with Crippen molar-refractivity contribution >= 4 is 28.9 Å². The van der Waals surface area contributed by atoms with E-state index in [9.17, 15) is 4.79 Å². The first-order chi connectivity index (χ1) is 9.97. The number of carbonyl (C=O) groups is 1. The maximum atomic E-state index is 12.4. The fourth-order valence-corrected chi connectivity index (χ4v) is 2.17. The Bertz CT molecular complexity index is 653. The molecule has 0 bridgehead atoms. The van der Waals surface area contributed by atoms with Crippen LogP contribution in [0.2, 0.25) is 5.02 Å². The van der Waals surface area contributed by atoms with Crippen LogP contribution >= 0.6 is 11.6 Å². The third-order valence-corrected chi connectivity index (χ3v) is 3.45. The number of aryl methyl sites for hydroxylation is 1. The normalized spacial score (nSPS) is 10.5. The summed E-state index contributed by atoms with van der Waals surface area (Å²) >= 11 is 6.08. The number of rotatable bonds is 4. The van der Waals surface area contributed by atoms with Crippen LogP contribution in [0, 0.1) is 6.92 Å². The van der Waals surface area contributed by atoms with E-state index in [1.54, 1.807) is 12.1 Å². The molecule has 2 N–H and O–H groups in total. The highest BCUT2D eigenvalue weighted by Crippen LogP contribution is 2.22. The third-order valence-electron chi connectivity index (χ3n) is 3.05. The van der Waals surface area contributed by atoms with E-state index in [2.05, 4.69) is 10.6 Å². The smallest absolute Gasteiger partial charge is 0.257 e. The molecule has 110 valence electrons. The third kappa shape index (κ3) is 3.99. The monoisotopic (exact) mass is 302 g/mol. The molecule has 0 aromatic heterocycles. The van der Waals surface area contributed by atoms with Crippen LogP contribution in [0.15, 0.2) is 42.5 Å². The molecule has 0 radical (unpaired) electrons. The number of anilines is 2. The Balaban J connectivity index is 2.22. The summed E-state index contributed by atoms with van der Waals surface area (Å²) in [5.74, 6) is -0.154. The number of carbonyl (C=O) groups excluding carboxylic acids is 1. The first-order valence-electron chi connectivity index (χ1n) is 6.90. The van der Waals surface area contributed by atoms with Crippen LogP contribution in [0.3, 0.4) is 0 Å². The van der Waals surface area contributed by atoms with Crippen molar-refractivity contribution in [2.24, 2.45) is 0 Å². The van der Waals surface area contributed by atoms with Crippen LogP contribution in [-0.4, -0.2) is 11.9 Å². The lowest BCUT2D eigenvalue weighted by Crippen LogP contribution is -2.17. The summed E-state index contributed by atoms with van der Waals surface area (Å²) in [6, 6.07) is 13.2. The van der Waals surface area contributed by atoms with Gasteiger partial charge in [-0.3, -0.25) is 4.79 Å². The molecule has 21 heavy (non-hydrogen) atoms. The van der Waals surface area contributed by atoms with Gasteiger partial charge in [0.05, 0.1) is 5.56 Å². The highest BCUT2D eigenvalue weighted by molar-refractivity contribution is 6.31. The second-order valence-corrected chi connectivity index (χ2v) is 5.67. The average molecular weight is 303 g/mol. The lowest BCUT2D eigenvalue weighted by atomic mass is 10.1. The predicted molar refractivity (Wildman–Crippen MR) is 89.3 cm³/mol. The lowest BCUT2D eigenvalue weighted by Gasteiger charge is -2.14. The van der Waals surface area contributed by atoms with Gasteiger partial charge in [0.15, 0.2) is 0 Å². The minimum Gasteiger partial charge on any atom is -0.382 e. The Labute approximate surface area is 130 Å². The van der Waals surface area contributed by atoms with Crippen molar-refractivity contribution in [1.82, 2.24) is 0 Å². The molecule has 0 spiro atoms. The highest BCUT2D eigenvalue weighted by Gasteiger charge is 2.12. The number of hydrogen-bond acceptors (Lipinski definition) is 2. The molecule has 2 rings (SSSR count). The van der Waals surface area contributed by atoms with Crippen LogP contribution in [-0.2, 0) is 0 Å². The summed E-state index contributed by atoms with van der Waals surface area (Å²) in [4.78, 5) is 12.4. The van der Waals surface area contributed by atoms with E-state index in [-0.39, 0.29) is 11.9 Å². The summed E-state index contributed by atoms with van der Waals surface area (Å²) in [7, 11) is 0. The van der Waals surface area contributed by atoms with Crippen molar-refractivity contribution in [3.8, 4) is 0 Å². The first kappa shape index (κ1) is 15.4. The van der Waals surface area contributed by atoms with E-state index in [0.29, 0.717) is 16.3 Å². The van der Waals surface area contributed by atoms with Gasteiger partial charge in [0, 0.05) is 22.4 Å². The SMILES string of the molecule is Cc1ccc(NC(=O)c2ccccc2NC(C)C)cc1Cl. The number of benzene rings is 2. The van der Waals surface area contributed by atoms with Crippen LogP contribution < -0.4 is 10.6 Å². The lowest BCUT2D eigenvalue weighted by molar-refractivity contribution is 0.102. The fraction of sp³-hybridized carbons (Fsp3) is 0.235. The van der Waals surface area contributed by atoms with E-state index < -0.39 is 0 Å². The van der Waals surface area contributed by atoms with Crippen molar-refractivity contribution in [3.05, 3.63) is 58.6 Å². The van der Waals surface area contributed by atoms with Crippen LogP contribution in [0.1, 0.15) is 29.8 Å². The van der Waals surface area contributed by atoms with Gasteiger partial charge >= 0.3 is 0 Å². The number of amides is 1. The Kier molecular flexibility index (Phi) is 4.86. The van der Waals surface area contributed by atoms with Gasteiger partial charge in [-0.2, -0.15) is 0 Å². The number of hydrogen-bond donors (Lipinski definition) is 2. The molecular formula is C17H19ClN2O. The number of halogens is 1. The van der Waals surface area contributed by atoms with Crippen LogP contribution in [0.25, 0.3) is 0 Å². The van der Waals surface area contributed by atoms with Crippen molar-refractivity contribution in [1.29, 1.82) is 0 Å². The Morgan fingerprint density at radius 2 is 1.86 bits per heavy atom. The summed E-state index contributed by atoms with van der Waals surface area (Å²) in [6.07, 6.45) is 0. The quantitative estimate of drug-likeness (QED) is 0.858. The van der Waals surface area contributed by atoms with Crippen molar-refractivity contribution in [2.75, 3.05) is 10.6 Å². The van der Waals surface area contributed by atoms with Gasteiger partial charge in [-0.25, -0.2) is 0 Å². The summed E-state index contributed by atoms with van der Waals surface area (Å²) in [5, 5.41) is 6.79. The van der Waals surface area contributed by atoms with Gasteiger partial charge < -0.3 is 10.6 Å². The van der Waals surface area contributed by atoms with Gasteiger partial charge in [0.2, 0.25) is 0 Å². The molecule has 0 atom stereocenters. The average Bonchev–Trinajstić information content (AvgIpc) is 2.43. The minimum absolute atomic E-state index is 0.154. The van der Waals surface area contributed by atoms with Crippen molar-refractivity contribution in [2.45, 2.75) is 26.8 Å². The fourth-order valence-electron chi connectivity index (χ4n) is 1.99. The van der Waals surface area contributed by atoms with Crippen molar-refractivity contribution < 1.29 is 4.79 Å². The van der Waals surface area contributed by atoms with Gasteiger partial charge in [-0.15, -0.1) is 0 Å². The first-order valence-corrected chi connectivity index (χ1v) is 7.28. The molecule has 0 saturated carbocycles. The van der Waals surface area contributed by atoms with E-state index in [4.69, 9.17) is 11.6 Å². The van der Waals surface area contributed by atoms with Gasteiger partial charge in [0.1, 0.15) is 0 Å². The standard InChI is InChI=1S/C17H19ClN2O/c1-11(2)19-16-7-5-4-6-14(16)17(21)20-13-9-8-12(3)15(18)10-13/h4-11,19H,1-3H3,(H,20,21). The zero-order valence-electron chi connectivity index (χ0n) is 12.4. The predicted octanol–water partition coefficient (Wildman–Crippen LogP) is 4.72. The topological polar surface area (TPSA) is 41.1 Å². The van der Waals surface area contributed by atoms with E-state index >= 15 is 0 Å². The molecule has 4 heteroatoms.